The van der Waals surface area contributed by atoms with Crippen molar-refractivity contribution in [2.45, 2.75) is 63.1 Å². The topological polar surface area (TPSA) is 57.7 Å². The number of rotatable bonds is 4. The van der Waals surface area contributed by atoms with Gasteiger partial charge in [-0.25, -0.2) is 8.42 Å². The van der Waals surface area contributed by atoms with Crippen LogP contribution in [0.5, 0.6) is 0 Å². The van der Waals surface area contributed by atoms with Gasteiger partial charge in [-0.2, -0.15) is 0 Å². The number of likely N-dealkylation sites (tertiary alicyclic amines) is 1. The Balaban J connectivity index is 1.41. The van der Waals surface area contributed by atoms with Gasteiger partial charge in [0.05, 0.1) is 11.5 Å². The number of nitrogens with zero attached hydrogens (tertiary/aromatic N) is 2. The molecule has 0 aromatic rings. The molecule has 5 nitrogen and oxygen atoms in total. The molecule has 4 aliphatic rings. The van der Waals surface area contributed by atoms with Gasteiger partial charge in [-0.15, -0.1) is 0 Å². The minimum absolute atomic E-state index is 0.0496. The highest BCUT2D eigenvalue weighted by Crippen LogP contribution is 2.36. The van der Waals surface area contributed by atoms with Gasteiger partial charge in [-0.3, -0.25) is 4.79 Å². The van der Waals surface area contributed by atoms with Crippen molar-refractivity contribution in [2.75, 3.05) is 24.6 Å². The van der Waals surface area contributed by atoms with Crippen LogP contribution in [0.4, 0.5) is 0 Å². The van der Waals surface area contributed by atoms with E-state index in [1.807, 2.05) is 4.90 Å². The maximum Gasteiger partial charge on any atom is 0.226 e. The maximum atomic E-state index is 13.0. The second kappa shape index (κ2) is 5.48. The van der Waals surface area contributed by atoms with Crippen LogP contribution >= 0.6 is 0 Å². The molecule has 22 heavy (non-hydrogen) atoms. The van der Waals surface area contributed by atoms with Gasteiger partial charge in [-0.1, -0.05) is 0 Å². The quantitative estimate of drug-likeness (QED) is 0.774. The first-order valence-corrected chi connectivity index (χ1v) is 10.6. The van der Waals surface area contributed by atoms with E-state index in [0.29, 0.717) is 12.5 Å². The summed E-state index contributed by atoms with van der Waals surface area (Å²) in [5, 5.41) is 0. The summed E-state index contributed by atoms with van der Waals surface area (Å²) in [6, 6.07) is 1.06. The zero-order valence-electron chi connectivity index (χ0n) is 13.1. The molecule has 124 valence electrons. The van der Waals surface area contributed by atoms with Gasteiger partial charge in [-0.05, 0) is 58.0 Å². The average Bonchev–Trinajstić information content (AvgIpc) is 3.38. The fourth-order valence-corrected chi connectivity index (χ4v) is 5.88. The zero-order chi connectivity index (χ0) is 15.3. The van der Waals surface area contributed by atoms with Gasteiger partial charge in [0.25, 0.3) is 0 Å². The Morgan fingerprint density at radius 1 is 0.909 bits per heavy atom. The lowest BCUT2D eigenvalue weighted by Gasteiger charge is -2.36. The molecule has 4 fully saturated rings. The highest BCUT2D eigenvalue weighted by molar-refractivity contribution is 7.91. The van der Waals surface area contributed by atoms with Crippen LogP contribution < -0.4 is 0 Å². The largest absolute Gasteiger partial charge is 0.335 e. The predicted octanol–water partition coefficient (Wildman–Crippen LogP) is 1.04. The Bertz CT molecular complexity index is 546. The summed E-state index contributed by atoms with van der Waals surface area (Å²) >= 11 is 0. The Morgan fingerprint density at radius 3 is 2.09 bits per heavy atom. The molecule has 2 saturated carbocycles. The third kappa shape index (κ3) is 3.04. The van der Waals surface area contributed by atoms with E-state index in [1.54, 1.807) is 0 Å². The number of carbonyl (C=O) groups is 1. The van der Waals surface area contributed by atoms with E-state index in [9.17, 15) is 13.2 Å². The fraction of sp³-hybridized carbons (Fsp3) is 0.938. The second-order valence-corrected chi connectivity index (χ2v) is 9.80. The van der Waals surface area contributed by atoms with Crippen LogP contribution in [0.15, 0.2) is 0 Å². The predicted molar refractivity (Wildman–Crippen MR) is 84.2 cm³/mol. The van der Waals surface area contributed by atoms with Crippen molar-refractivity contribution in [1.82, 2.24) is 9.80 Å². The van der Waals surface area contributed by atoms with Crippen LogP contribution in [0.2, 0.25) is 0 Å². The number of carbonyl (C=O) groups excluding carboxylic acids is 1. The van der Waals surface area contributed by atoms with E-state index < -0.39 is 9.84 Å². The standard InChI is InChI=1S/C16H26N2O3S/c19-16(12-5-8-17(9-6-12)13-1-2-13)18(14-3-4-14)15-7-10-22(20,21)11-15/h12-15H,1-11H2. The molecule has 1 unspecified atom stereocenters. The molecule has 6 heteroatoms. The van der Waals surface area contributed by atoms with Crippen molar-refractivity contribution in [3.8, 4) is 0 Å². The molecule has 2 saturated heterocycles. The van der Waals surface area contributed by atoms with E-state index in [-0.39, 0.29) is 29.4 Å². The molecule has 2 aliphatic heterocycles. The van der Waals surface area contributed by atoms with E-state index in [0.717, 1.165) is 44.8 Å². The summed E-state index contributed by atoms with van der Waals surface area (Å²) in [6.45, 7) is 2.09. The smallest absolute Gasteiger partial charge is 0.226 e. The third-order valence-corrected chi connectivity index (χ3v) is 7.49. The van der Waals surface area contributed by atoms with Crippen molar-refractivity contribution in [3.63, 3.8) is 0 Å². The van der Waals surface area contributed by atoms with Crippen molar-refractivity contribution in [1.29, 1.82) is 0 Å². The van der Waals surface area contributed by atoms with E-state index >= 15 is 0 Å². The van der Waals surface area contributed by atoms with Crippen LogP contribution in [0, 0.1) is 5.92 Å². The Labute approximate surface area is 132 Å². The summed E-state index contributed by atoms with van der Waals surface area (Å²) in [5.74, 6) is 0.823. The monoisotopic (exact) mass is 326 g/mol. The van der Waals surface area contributed by atoms with Crippen molar-refractivity contribution in [2.24, 2.45) is 5.92 Å². The Kier molecular flexibility index (Phi) is 3.72. The van der Waals surface area contributed by atoms with Gasteiger partial charge < -0.3 is 9.80 Å². The highest BCUT2D eigenvalue weighted by Gasteiger charge is 2.44. The molecule has 0 aromatic carbocycles. The Morgan fingerprint density at radius 2 is 1.59 bits per heavy atom. The van der Waals surface area contributed by atoms with E-state index in [4.69, 9.17) is 0 Å². The molecule has 0 spiro atoms. The first-order valence-electron chi connectivity index (χ1n) is 8.80. The van der Waals surface area contributed by atoms with E-state index in [1.165, 1.54) is 12.8 Å². The molecule has 2 aliphatic carbocycles. The summed E-state index contributed by atoms with van der Waals surface area (Å²) in [4.78, 5) is 17.5. The molecule has 4 rings (SSSR count). The lowest BCUT2D eigenvalue weighted by atomic mass is 9.94. The Hall–Kier alpha value is -0.620. The first-order chi connectivity index (χ1) is 10.5. The molecule has 1 atom stereocenters. The SMILES string of the molecule is O=C(C1CCN(C2CC2)CC1)N(C1CC1)C1CCS(=O)(=O)C1. The molecular formula is C16H26N2O3S. The number of hydrogen-bond acceptors (Lipinski definition) is 4. The van der Waals surface area contributed by atoms with Gasteiger partial charge >= 0.3 is 0 Å². The minimum atomic E-state index is -2.92. The van der Waals surface area contributed by atoms with Crippen molar-refractivity contribution >= 4 is 15.7 Å². The van der Waals surface area contributed by atoms with Crippen LogP contribution in [0.25, 0.3) is 0 Å². The number of amides is 1. The summed E-state index contributed by atoms with van der Waals surface area (Å²) in [7, 11) is -2.92. The van der Waals surface area contributed by atoms with Gasteiger partial charge in [0.2, 0.25) is 5.91 Å². The number of piperidine rings is 1. The molecule has 0 aromatic heterocycles. The lowest BCUT2D eigenvalue weighted by Crippen LogP contribution is -2.48. The lowest BCUT2D eigenvalue weighted by molar-refractivity contribution is -0.139. The van der Waals surface area contributed by atoms with Crippen molar-refractivity contribution in [3.05, 3.63) is 0 Å². The van der Waals surface area contributed by atoms with Crippen LogP contribution in [-0.2, 0) is 14.6 Å². The first kappa shape index (κ1) is 14.9. The van der Waals surface area contributed by atoms with Crippen molar-refractivity contribution < 1.29 is 13.2 Å². The summed E-state index contributed by atoms with van der Waals surface area (Å²) in [6.07, 6.45) is 7.33. The second-order valence-electron chi connectivity index (χ2n) is 7.57. The third-order valence-electron chi connectivity index (χ3n) is 5.74. The summed E-state index contributed by atoms with van der Waals surface area (Å²) < 4.78 is 23.5. The number of hydrogen-bond donors (Lipinski definition) is 0. The summed E-state index contributed by atoms with van der Waals surface area (Å²) in [5.41, 5.74) is 0. The number of sulfone groups is 1. The van der Waals surface area contributed by atoms with Gasteiger partial charge in [0.15, 0.2) is 9.84 Å². The normalized spacial score (nSPS) is 33.0. The molecular weight excluding hydrogens is 300 g/mol. The van der Waals surface area contributed by atoms with Gasteiger partial charge in [0, 0.05) is 24.0 Å². The maximum absolute atomic E-state index is 13.0. The van der Waals surface area contributed by atoms with E-state index in [2.05, 4.69) is 4.90 Å². The van der Waals surface area contributed by atoms with Crippen LogP contribution in [0.1, 0.15) is 44.9 Å². The average molecular weight is 326 g/mol. The molecule has 1 amide bonds. The zero-order valence-corrected chi connectivity index (χ0v) is 13.9. The van der Waals surface area contributed by atoms with Crippen LogP contribution in [0.3, 0.4) is 0 Å². The molecule has 0 bridgehead atoms. The highest BCUT2D eigenvalue weighted by atomic mass is 32.2. The van der Waals surface area contributed by atoms with Gasteiger partial charge in [0.1, 0.15) is 0 Å². The molecule has 2 heterocycles. The molecule has 0 N–H and O–H groups in total. The fourth-order valence-electron chi connectivity index (χ4n) is 4.17. The molecule has 0 radical (unpaired) electrons. The minimum Gasteiger partial charge on any atom is -0.335 e. The van der Waals surface area contributed by atoms with Crippen LogP contribution in [-0.4, -0.2) is 66.8 Å².